The van der Waals surface area contributed by atoms with Crippen molar-refractivity contribution in [2.24, 2.45) is 5.73 Å². The summed E-state index contributed by atoms with van der Waals surface area (Å²) in [6.07, 6.45) is 0.398. The third-order valence-electron chi connectivity index (χ3n) is 1.54. The summed E-state index contributed by atoms with van der Waals surface area (Å²) in [6, 6.07) is -0.702. The van der Waals surface area contributed by atoms with Crippen LogP contribution in [0.25, 0.3) is 0 Å². The monoisotopic (exact) mass is 234 g/mol. The van der Waals surface area contributed by atoms with Gasteiger partial charge >= 0.3 is 5.97 Å². The third kappa shape index (κ3) is 8.26. The standard InChI is InChI=1S/C9H18N2O3S/c1-6(2)11-8(12)3-4-15-5-7(10)9(13)14/h6-7H,3-5,10H2,1-2H3,(H,11,12)(H,13,14)/t7-/m0/s1. The second-order valence-corrected chi connectivity index (χ2v) is 4.64. The second-order valence-electron chi connectivity index (χ2n) is 3.49. The number of carboxylic acids is 1. The van der Waals surface area contributed by atoms with Crippen LogP contribution < -0.4 is 11.1 Å². The van der Waals surface area contributed by atoms with Gasteiger partial charge in [0.2, 0.25) is 5.91 Å². The Morgan fingerprint density at radius 3 is 2.53 bits per heavy atom. The van der Waals surface area contributed by atoms with Crippen molar-refractivity contribution in [1.82, 2.24) is 5.32 Å². The number of carboxylic acid groups (broad SMARTS) is 1. The first-order valence-corrected chi connectivity index (χ1v) is 5.94. The van der Waals surface area contributed by atoms with Crippen molar-refractivity contribution in [3.8, 4) is 0 Å². The number of aliphatic carboxylic acids is 1. The number of carbonyl (C=O) groups excluding carboxylic acids is 1. The van der Waals surface area contributed by atoms with Gasteiger partial charge in [-0.1, -0.05) is 0 Å². The molecule has 0 bridgehead atoms. The minimum atomic E-state index is -1.01. The van der Waals surface area contributed by atoms with E-state index in [2.05, 4.69) is 5.32 Å². The first kappa shape index (κ1) is 14.2. The Hall–Kier alpha value is -0.750. The number of thioether (sulfide) groups is 1. The van der Waals surface area contributed by atoms with Crippen LogP contribution in [0.1, 0.15) is 20.3 Å². The molecule has 4 N–H and O–H groups in total. The average molecular weight is 234 g/mol. The molecule has 0 aromatic heterocycles. The van der Waals surface area contributed by atoms with Crippen molar-refractivity contribution in [3.63, 3.8) is 0 Å². The number of hydrogen-bond donors (Lipinski definition) is 3. The molecule has 15 heavy (non-hydrogen) atoms. The van der Waals surface area contributed by atoms with Gasteiger partial charge in [0.05, 0.1) is 0 Å². The summed E-state index contributed by atoms with van der Waals surface area (Å²) in [5.74, 6) is -0.0837. The van der Waals surface area contributed by atoms with Crippen molar-refractivity contribution < 1.29 is 14.7 Å². The number of carbonyl (C=O) groups is 2. The lowest BCUT2D eigenvalue weighted by Gasteiger charge is -2.08. The van der Waals surface area contributed by atoms with Crippen molar-refractivity contribution >= 4 is 23.6 Å². The van der Waals surface area contributed by atoms with E-state index in [4.69, 9.17) is 10.8 Å². The molecule has 0 heterocycles. The Balaban J connectivity index is 3.46. The van der Waals surface area contributed by atoms with Crippen LogP contribution in [-0.2, 0) is 9.59 Å². The number of nitrogens with one attached hydrogen (secondary N) is 1. The molecular weight excluding hydrogens is 216 g/mol. The van der Waals surface area contributed by atoms with Gasteiger partial charge in [-0.15, -0.1) is 0 Å². The maximum Gasteiger partial charge on any atom is 0.321 e. The Bertz CT molecular complexity index is 221. The van der Waals surface area contributed by atoms with Gasteiger partial charge in [0.1, 0.15) is 6.04 Å². The summed E-state index contributed by atoms with van der Waals surface area (Å²) < 4.78 is 0. The number of rotatable bonds is 7. The van der Waals surface area contributed by atoms with Gasteiger partial charge in [-0.3, -0.25) is 9.59 Å². The molecule has 0 rings (SSSR count). The van der Waals surface area contributed by atoms with Crippen LogP contribution >= 0.6 is 11.8 Å². The van der Waals surface area contributed by atoms with E-state index in [1.807, 2.05) is 13.8 Å². The molecule has 88 valence electrons. The zero-order valence-electron chi connectivity index (χ0n) is 9.03. The van der Waals surface area contributed by atoms with Gasteiger partial charge in [0.25, 0.3) is 0 Å². The fourth-order valence-corrected chi connectivity index (χ4v) is 1.73. The van der Waals surface area contributed by atoms with Crippen molar-refractivity contribution in [3.05, 3.63) is 0 Å². The fourth-order valence-electron chi connectivity index (χ4n) is 0.841. The molecule has 0 saturated heterocycles. The van der Waals surface area contributed by atoms with Crippen LogP contribution in [0.4, 0.5) is 0 Å². The molecule has 0 aliphatic carbocycles. The first-order valence-electron chi connectivity index (χ1n) is 4.79. The minimum Gasteiger partial charge on any atom is -0.480 e. The lowest BCUT2D eigenvalue weighted by molar-refractivity contribution is -0.137. The van der Waals surface area contributed by atoms with Gasteiger partial charge in [-0.25, -0.2) is 0 Å². The summed E-state index contributed by atoms with van der Waals surface area (Å²) in [6.45, 7) is 3.79. The highest BCUT2D eigenvalue weighted by molar-refractivity contribution is 7.99. The van der Waals surface area contributed by atoms with Gasteiger partial charge < -0.3 is 16.2 Å². The van der Waals surface area contributed by atoms with E-state index >= 15 is 0 Å². The first-order chi connectivity index (χ1) is 6.93. The fraction of sp³-hybridized carbons (Fsp3) is 0.778. The van der Waals surface area contributed by atoms with Gasteiger partial charge in [-0.2, -0.15) is 11.8 Å². The van der Waals surface area contributed by atoms with E-state index in [1.165, 1.54) is 11.8 Å². The van der Waals surface area contributed by atoms with E-state index < -0.39 is 12.0 Å². The molecule has 6 heteroatoms. The predicted molar refractivity (Wildman–Crippen MR) is 60.8 cm³/mol. The molecule has 0 spiro atoms. The molecule has 0 aliphatic rings. The summed E-state index contributed by atoms with van der Waals surface area (Å²) in [4.78, 5) is 21.5. The number of amides is 1. The van der Waals surface area contributed by atoms with Gasteiger partial charge in [0, 0.05) is 24.0 Å². The van der Waals surface area contributed by atoms with E-state index in [-0.39, 0.29) is 11.9 Å². The van der Waals surface area contributed by atoms with Crippen LogP contribution in [-0.4, -0.2) is 40.6 Å². The Kier molecular flexibility index (Phi) is 7.15. The molecule has 0 aromatic rings. The number of hydrogen-bond acceptors (Lipinski definition) is 4. The molecule has 0 radical (unpaired) electrons. The summed E-state index contributed by atoms with van der Waals surface area (Å²) in [7, 11) is 0. The van der Waals surface area contributed by atoms with Crippen LogP contribution in [0.5, 0.6) is 0 Å². The third-order valence-corrected chi connectivity index (χ3v) is 2.63. The molecular formula is C9H18N2O3S. The number of nitrogens with two attached hydrogens (primary N) is 1. The smallest absolute Gasteiger partial charge is 0.321 e. The van der Waals surface area contributed by atoms with E-state index in [0.717, 1.165) is 0 Å². The molecule has 0 aromatic carbocycles. The summed E-state index contributed by atoms with van der Waals surface area (Å²) in [5, 5.41) is 11.2. The van der Waals surface area contributed by atoms with E-state index in [0.29, 0.717) is 17.9 Å². The molecule has 0 unspecified atom stereocenters. The Morgan fingerprint density at radius 1 is 1.47 bits per heavy atom. The second kappa shape index (κ2) is 7.53. The molecule has 0 fully saturated rings. The van der Waals surface area contributed by atoms with Crippen LogP contribution in [0.2, 0.25) is 0 Å². The van der Waals surface area contributed by atoms with Crippen molar-refractivity contribution in [2.45, 2.75) is 32.4 Å². The zero-order chi connectivity index (χ0) is 11.8. The zero-order valence-corrected chi connectivity index (χ0v) is 9.84. The average Bonchev–Trinajstić information content (AvgIpc) is 2.10. The summed E-state index contributed by atoms with van der Waals surface area (Å²) in [5.41, 5.74) is 5.29. The Labute approximate surface area is 93.8 Å². The molecule has 5 nitrogen and oxygen atoms in total. The lowest BCUT2D eigenvalue weighted by Crippen LogP contribution is -2.33. The maximum absolute atomic E-state index is 11.2. The van der Waals surface area contributed by atoms with Crippen LogP contribution in [0, 0.1) is 0 Å². The lowest BCUT2D eigenvalue weighted by atomic mass is 10.3. The molecule has 0 saturated carbocycles. The van der Waals surface area contributed by atoms with Crippen LogP contribution in [0.3, 0.4) is 0 Å². The highest BCUT2D eigenvalue weighted by Crippen LogP contribution is 2.04. The van der Waals surface area contributed by atoms with Crippen molar-refractivity contribution in [2.75, 3.05) is 11.5 Å². The van der Waals surface area contributed by atoms with E-state index in [1.54, 1.807) is 0 Å². The van der Waals surface area contributed by atoms with Gasteiger partial charge in [-0.05, 0) is 13.8 Å². The predicted octanol–water partition coefficient (Wildman–Crippen LogP) is 0.0462. The van der Waals surface area contributed by atoms with Crippen molar-refractivity contribution in [1.29, 1.82) is 0 Å². The molecule has 1 atom stereocenters. The topological polar surface area (TPSA) is 92.4 Å². The normalized spacial score (nSPS) is 12.5. The Morgan fingerprint density at radius 2 is 2.07 bits per heavy atom. The maximum atomic E-state index is 11.2. The highest BCUT2D eigenvalue weighted by Gasteiger charge is 2.11. The SMILES string of the molecule is CC(C)NC(=O)CCSC[C@H](N)C(=O)O. The highest BCUT2D eigenvalue weighted by atomic mass is 32.2. The molecule has 1 amide bonds. The molecule has 0 aliphatic heterocycles. The summed E-state index contributed by atoms with van der Waals surface area (Å²) >= 11 is 1.38. The minimum absolute atomic E-state index is 0.0126. The van der Waals surface area contributed by atoms with Crippen LogP contribution in [0.15, 0.2) is 0 Å². The van der Waals surface area contributed by atoms with Gasteiger partial charge in [0.15, 0.2) is 0 Å². The quantitative estimate of drug-likeness (QED) is 0.541. The largest absolute Gasteiger partial charge is 0.480 e. The van der Waals surface area contributed by atoms with E-state index in [9.17, 15) is 9.59 Å².